The van der Waals surface area contributed by atoms with Crippen molar-refractivity contribution in [1.82, 2.24) is 42.5 Å². The first-order chi connectivity index (χ1) is 21.5. The fourth-order valence-corrected chi connectivity index (χ4v) is 12.3. The Bertz CT molecular complexity index is 990. The Morgan fingerprint density at radius 3 is 0.723 bits per heavy atom. The molecule has 47 heavy (non-hydrogen) atoms. The molecule has 0 amide bonds. The van der Waals surface area contributed by atoms with Crippen molar-refractivity contribution in [2.75, 3.05) is 0 Å². The molecule has 4 aliphatic carbocycles. The van der Waals surface area contributed by atoms with Gasteiger partial charge < -0.3 is 33.9 Å². The number of fused-ring (bicyclic) bond motifs is 20. The van der Waals surface area contributed by atoms with Gasteiger partial charge in [-0.1, -0.05) is 38.5 Å². The predicted octanol–water partition coefficient (Wildman–Crippen LogP) is -2.38. The van der Waals surface area contributed by atoms with Gasteiger partial charge in [0.2, 0.25) is 0 Å². The Morgan fingerprint density at radius 1 is 0.298 bits per heavy atom. The molecule has 0 spiro atoms. The molecule has 20 unspecified atom stereocenters. The van der Waals surface area contributed by atoms with Gasteiger partial charge in [-0.2, -0.15) is 0 Å². The summed E-state index contributed by atoms with van der Waals surface area (Å²) in [5, 5.41) is 33.0. The van der Waals surface area contributed by atoms with E-state index < -0.39 is 0 Å². The summed E-state index contributed by atoms with van der Waals surface area (Å²) in [6.45, 7) is 0. The SMILES string of the molecule is NC1C(N)C(N)C2C3NC4NC(NC5NC(NC6NC(NC(N3)C2C1N)C1CCCCC61)C1CCCCC51)C1CCCCC41.[Ge].[OH-].[OH-]. The summed E-state index contributed by atoms with van der Waals surface area (Å²) in [5.74, 6) is 3.98. The minimum absolute atomic E-state index is 0. The molecule has 9 aliphatic rings. The first-order valence-electron chi connectivity index (χ1n) is 18.6. The van der Waals surface area contributed by atoms with Crippen molar-refractivity contribution >= 4 is 17.6 Å². The molecular formula is C32H62GeN12O2-2. The van der Waals surface area contributed by atoms with Crippen molar-refractivity contribution < 1.29 is 11.0 Å². The van der Waals surface area contributed by atoms with Gasteiger partial charge in [-0.3, -0.25) is 42.5 Å². The van der Waals surface area contributed by atoms with Gasteiger partial charge in [-0.15, -0.1) is 0 Å². The Hall–Kier alpha value is -0.0171. The number of nitrogens with one attached hydrogen (secondary N) is 8. The maximum atomic E-state index is 6.98. The van der Waals surface area contributed by atoms with Crippen molar-refractivity contribution in [3.05, 3.63) is 0 Å². The third-order valence-corrected chi connectivity index (χ3v) is 14.5. The summed E-state index contributed by atoms with van der Waals surface area (Å²) in [6, 6.07) is -1.07. The van der Waals surface area contributed by atoms with Gasteiger partial charge in [-0.05, 0) is 74.0 Å². The molecule has 9 fully saturated rings. The molecule has 8 bridgehead atoms. The average molecular weight is 720 g/mol. The smallest absolute Gasteiger partial charge is 0.0644 e. The molecule has 0 aromatic heterocycles. The normalized spacial score (nSPS) is 56.4. The van der Waals surface area contributed by atoms with E-state index >= 15 is 0 Å². The summed E-state index contributed by atoms with van der Waals surface area (Å²) in [7, 11) is 0. The van der Waals surface area contributed by atoms with E-state index in [9.17, 15) is 0 Å². The standard InChI is InChI=1S/C32H60N12.Ge.2H2O/c33-21-19-20(22(34)24(36)23(21)35)32-43-30-18-12-6-4-10-16(18)28(41-30)39-26-14-8-2-1-7-13(14)25(37-26)38-27-15-9-3-5-11-17(15)29(40-27)42-31(19)44-32;;;/h13-32,37-44H,1-12,33-36H2;;2*1H2/p-2. The molecule has 268 valence electrons. The van der Waals surface area contributed by atoms with E-state index in [4.69, 9.17) is 22.9 Å². The van der Waals surface area contributed by atoms with Gasteiger partial charge >= 0.3 is 0 Å². The van der Waals surface area contributed by atoms with Crippen LogP contribution in [0.2, 0.25) is 0 Å². The quantitative estimate of drug-likeness (QED) is 0.117. The molecule has 20 atom stereocenters. The van der Waals surface area contributed by atoms with Crippen LogP contribution in [-0.4, -0.2) is 102 Å². The van der Waals surface area contributed by atoms with Crippen LogP contribution in [0.3, 0.4) is 0 Å². The third-order valence-electron chi connectivity index (χ3n) is 14.5. The van der Waals surface area contributed by atoms with E-state index in [-0.39, 0.29) is 89.2 Å². The monoisotopic (exact) mass is 720 g/mol. The topological polar surface area (TPSA) is 260 Å². The van der Waals surface area contributed by atoms with Crippen LogP contribution in [0.4, 0.5) is 0 Å². The fraction of sp³-hybridized carbons (Fsp3) is 1.00. The zero-order valence-electron chi connectivity index (χ0n) is 27.7. The van der Waals surface area contributed by atoms with Crippen LogP contribution >= 0.6 is 0 Å². The second-order valence-electron chi connectivity index (χ2n) is 16.5. The summed E-state index contributed by atoms with van der Waals surface area (Å²) < 4.78 is 0. The zero-order valence-corrected chi connectivity index (χ0v) is 29.8. The molecule has 14 nitrogen and oxygen atoms in total. The summed E-state index contributed by atoms with van der Waals surface area (Å²) in [6.07, 6.45) is 17.4. The molecule has 4 saturated carbocycles. The first-order valence-corrected chi connectivity index (χ1v) is 18.6. The molecule has 4 radical (unpaired) electrons. The minimum Gasteiger partial charge on any atom is -0.870 e. The molecule has 5 heterocycles. The molecule has 0 aromatic carbocycles. The van der Waals surface area contributed by atoms with Crippen molar-refractivity contribution in [2.45, 2.75) is 151 Å². The van der Waals surface area contributed by atoms with Crippen molar-refractivity contribution in [3.8, 4) is 0 Å². The summed E-state index contributed by atoms with van der Waals surface area (Å²) in [4.78, 5) is 0. The average Bonchev–Trinajstić information content (AvgIpc) is 3.78. The fourth-order valence-electron chi connectivity index (χ4n) is 12.3. The van der Waals surface area contributed by atoms with Crippen LogP contribution < -0.4 is 65.5 Å². The Balaban J connectivity index is 0.00000129. The molecule has 15 heteroatoms. The summed E-state index contributed by atoms with van der Waals surface area (Å²) in [5.41, 5.74) is 27.3. The Labute approximate surface area is 291 Å². The largest absolute Gasteiger partial charge is 0.870 e. The maximum absolute atomic E-state index is 6.98. The Morgan fingerprint density at radius 2 is 0.489 bits per heavy atom. The van der Waals surface area contributed by atoms with Crippen LogP contribution in [-0.2, 0) is 0 Å². The predicted molar refractivity (Wildman–Crippen MR) is 180 cm³/mol. The van der Waals surface area contributed by atoms with Gasteiger partial charge in [0, 0.05) is 53.6 Å². The van der Waals surface area contributed by atoms with Gasteiger partial charge in [0.05, 0.1) is 49.3 Å². The van der Waals surface area contributed by atoms with E-state index in [1.807, 2.05) is 0 Å². The number of nitrogens with two attached hydrogens (primary N) is 4. The second kappa shape index (κ2) is 14.5. The van der Waals surface area contributed by atoms with Crippen molar-refractivity contribution in [3.63, 3.8) is 0 Å². The van der Waals surface area contributed by atoms with E-state index in [0.717, 1.165) is 0 Å². The molecule has 5 saturated heterocycles. The van der Waals surface area contributed by atoms with Crippen molar-refractivity contribution in [1.29, 1.82) is 0 Å². The van der Waals surface area contributed by atoms with E-state index in [1.54, 1.807) is 0 Å². The molecule has 18 N–H and O–H groups in total. The third kappa shape index (κ3) is 6.08. The number of rotatable bonds is 0. The van der Waals surface area contributed by atoms with E-state index in [2.05, 4.69) is 42.5 Å². The van der Waals surface area contributed by atoms with Gasteiger partial charge in [0.25, 0.3) is 0 Å². The second-order valence-corrected chi connectivity index (χ2v) is 16.5. The van der Waals surface area contributed by atoms with Crippen LogP contribution in [0.25, 0.3) is 0 Å². The minimum atomic E-state index is -0.315. The van der Waals surface area contributed by atoms with Gasteiger partial charge in [0.15, 0.2) is 0 Å². The zero-order chi connectivity index (χ0) is 29.7. The van der Waals surface area contributed by atoms with E-state index in [0.29, 0.717) is 60.2 Å². The van der Waals surface area contributed by atoms with Crippen molar-refractivity contribution in [2.24, 2.45) is 70.3 Å². The summed E-state index contributed by atoms with van der Waals surface area (Å²) >= 11 is 0. The maximum Gasteiger partial charge on any atom is 0.0644 e. The molecule has 0 aromatic rings. The first kappa shape index (κ1) is 36.8. The van der Waals surface area contributed by atoms with Crippen LogP contribution in [0.15, 0.2) is 0 Å². The van der Waals surface area contributed by atoms with Crippen LogP contribution in [0.5, 0.6) is 0 Å². The molecule has 9 rings (SSSR count). The molecule has 5 aliphatic heterocycles. The van der Waals surface area contributed by atoms with Crippen LogP contribution in [0, 0.1) is 47.3 Å². The number of hydrogen-bond donors (Lipinski definition) is 12. The van der Waals surface area contributed by atoms with Crippen LogP contribution in [0.1, 0.15) is 77.0 Å². The van der Waals surface area contributed by atoms with Gasteiger partial charge in [0.1, 0.15) is 0 Å². The van der Waals surface area contributed by atoms with Gasteiger partial charge in [-0.25, -0.2) is 0 Å². The van der Waals surface area contributed by atoms with E-state index in [1.165, 1.54) is 77.0 Å². The molecular weight excluding hydrogens is 657 g/mol. The number of hydrogen-bond acceptors (Lipinski definition) is 14. The Kier molecular flexibility index (Phi) is 11.4.